The highest BCUT2D eigenvalue weighted by molar-refractivity contribution is 7.47. The van der Waals surface area contributed by atoms with Crippen LogP contribution in [0.3, 0.4) is 0 Å². The van der Waals surface area contributed by atoms with E-state index in [1.54, 1.807) is 0 Å². The van der Waals surface area contributed by atoms with E-state index < -0.39 is 97.5 Å². The summed E-state index contributed by atoms with van der Waals surface area (Å²) in [5, 5.41) is 10.5. The van der Waals surface area contributed by atoms with Crippen LogP contribution < -0.4 is 0 Å². The van der Waals surface area contributed by atoms with Crippen molar-refractivity contribution in [2.45, 2.75) is 330 Å². The molecule has 0 saturated heterocycles. The van der Waals surface area contributed by atoms with Gasteiger partial charge in [-0.1, -0.05) is 260 Å². The van der Waals surface area contributed by atoms with Gasteiger partial charge in [-0.25, -0.2) is 9.13 Å². The fourth-order valence-corrected chi connectivity index (χ4v) is 10.9. The zero-order valence-corrected chi connectivity index (χ0v) is 54.6. The largest absolute Gasteiger partial charge is 0.472 e. The number of unbranched alkanes of at least 4 members (excludes halogenated alkanes) is 31. The van der Waals surface area contributed by atoms with Crippen LogP contribution in [-0.4, -0.2) is 96.7 Å². The first-order valence-electron chi connectivity index (χ1n) is 33.0. The van der Waals surface area contributed by atoms with Crippen molar-refractivity contribution in [3.05, 3.63) is 0 Å². The molecular formula is C63H122O17P2. The van der Waals surface area contributed by atoms with E-state index in [0.717, 1.165) is 115 Å². The smallest absolute Gasteiger partial charge is 0.462 e. The third-order valence-corrected chi connectivity index (χ3v) is 16.7. The van der Waals surface area contributed by atoms with E-state index in [0.29, 0.717) is 25.7 Å². The highest BCUT2D eigenvalue weighted by Crippen LogP contribution is 2.45. The van der Waals surface area contributed by atoms with Gasteiger partial charge in [-0.3, -0.25) is 37.3 Å². The molecule has 0 radical (unpaired) electrons. The van der Waals surface area contributed by atoms with Crippen LogP contribution in [0.25, 0.3) is 0 Å². The monoisotopic (exact) mass is 1210 g/mol. The van der Waals surface area contributed by atoms with Gasteiger partial charge in [-0.15, -0.1) is 0 Å². The molecule has 0 bridgehead atoms. The molecule has 0 saturated carbocycles. The Balaban J connectivity index is 5.23. The summed E-state index contributed by atoms with van der Waals surface area (Å²) in [6.45, 7) is 9.40. The van der Waals surface area contributed by atoms with Crippen LogP contribution in [-0.2, 0) is 65.4 Å². The molecule has 0 heterocycles. The van der Waals surface area contributed by atoms with Gasteiger partial charge in [0.1, 0.15) is 19.3 Å². The molecule has 17 nitrogen and oxygen atoms in total. The first-order chi connectivity index (χ1) is 39.4. The normalized spacial score (nSPS) is 14.7. The topological polar surface area (TPSA) is 237 Å². The van der Waals surface area contributed by atoms with Gasteiger partial charge in [0.05, 0.1) is 26.4 Å². The molecule has 0 amide bonds. The number of phosphoric ester groups is 2. The number of carbonyl (C=O) groups is 4. The third-order valence-electron chi connectivity index (χ3n) is 14.8. The maximum Gasteiger partial charge on any atom is 0.472 e. The lowest BCUT2D eigenvalue weighted by molar-refractivity contribution is -0.161. The first kappa shape index (κ1) is 80.1. The van der Waals surface area contributed by atoms with Crippen LogP contribution in [0, 0.1) is 11.8 Å². The van der Waals surface area contributed by atoms with Crippen LogP contribution in [0.1, 0.15) is 311 Å². The quantitative estimate of drug-likeness (QED) is 0.0222. The number of ether oxygens (including phenoxy) is 4. The summed E-state index contributed by atoms with van der Waals surface area (Å²) in [5.74, 6) is -0.653. The molecule has 0 aromatic carbocycles. The van der Waals surface area contributed by atoms with E-state index in [1.807, 2.05) is 0 Å². The lowest BCUT2D eigenvalue weighted by Crippen LogP contribution is -2.30. The summed E-state index contributed by atoms with van der Waals surface area (Å²) in [6, 6.07) is 0. The van der Waals surface area contributed by atoms with Gasteiger partial charge in [-0.05, 0) is 37.5 Å². The molecule has 0 aromatic heterocycles. The molecular weight excluding hydrogens is 1090 g/mol. The van der Waals surface area contributed by atoms with Crippen molar-refractivity contribution < 1.29 is 80.2 Å². The number of carbonyl (C=O) groups excluding carboxylic acids is 4. The fourth-order valence-electron chi connectivity index (χ4n) is 9.32. The number of aliphatic hydroxyl groups excluding tert-OH is 1. The van der Waals surface area contributed by atoms with E-state index in [1.165, 1.54) is 116 Å². The second-order valence-corrected chi connectivity index (χ2v) is 26.4. The molecule has 0 fully saturated rings. The Kier molecular flexibility index (Phi) is 54.3. The number of hydrogen-bond donors (Lipinski definition) is 3. The molecule has 3 unspecified atom stereocenters. The minimum absolute atomic E-state index is 0.104. The van der Waals surface area contributed by atoms with E-state index >= 15 is 0 Å². The molecule has 0 aromatic rings. The Hall–Kier alpha value is -1.94. The average molecular weight is 1210 g/mol. The predicted octanol–water partition coefficient (Wildman–Crippen LogP) is 17.3. The second-order valence-electron chi connectivity index (χ2n) is 23.5. The second kappa shape index (κ2) is 55.6. The Morgan fingerprint density at radius 2 is 0.622 bits per heavy atom. The summed E-state index contributed by atoms with van der Waals surface area (Å²) < 4.78 is 67.9. The number of aliphatic hydroxyl groups is 1. The molecule has 0 aliphatic rings. The number of rotatable bonds is 62. The van der Waals surface area contributed by atoms with Crippen molar-refractivity contribution in [3.63, 3.8) is 0 Å². The van der Waals surface area contributed by atoms with Crippen LogP contribution in [0.2, 0.25) is 0 Å². The number of hydrogen-bond acceptors (Lipinski definition) is 15. The fraction of sp³-hybridized carbons (Fsp3) is 0.937. The number of esters is 4. The molecule has 82 heavy (non-hydrogen) atoms. The lowest BCUT2D eigenvalue weighted by Gasteiger charge is -2.21. The zero-order valence-electron chi connectivity index (χ0n) is 52.8. The molecule has 0 aliphatic heterocycles. The van der Waals surface area contributed by atoms with Crippen molar-refractivity contribution in [2.75, 3.05) is 39.6 Å². The van der Waals surface area contributed by atoms with Gasteiger partial charge < -0.3 is 33.8 Å². The van der Waals surface area contributed by atoms with Crippen molar-refractivity contribution >= 4 is 39.5 Å². The molecule has 3 N–H and O–H groups in total. The molecule has 0 spiro atoms. The SMILES string of the molecule is CCCCCCCCCCCCCCC(=O)OC[C@H](COP(=O)(O)OC[C@@H](O)COP(=O)(O)OC[C@@H](COC(=O)CCCCCCCCC)OC(=O)CCCCCCCCCCC(C)C)OC(=O)CCCCCCCCCCC(C)CC. The Labute approximate surface area is 498 Å². The van der Waals surface area contributed by atoms with E-state index in [2.05, 4.69) is 41.5 Å². The summed E-state index contributed by atoms with van der Waals surface area (Å²) in [5.41, 5.74) is 0. The van der Waals surface area contributed by atoms with E-state index in [9.17, 15) is 43.2 Å². The molecule has 0 rings (SSSR count). The van der Waals surface area contributed by atoms with Gasteiger partial charge in [0, 0.05) is 25.7 Å². The lowest BCUT2D eigenvalue weighted by atomic mass is 9.99. The van der Waals surface area contributed by atoms with Crippen LogP contribution >= 0.6 is 15.6 Å². The summed E-state index contributed by atoms with van der Waals surface area (Å²) in [6.07, 6.45) is 37.6. The Morgan fingerprint density at radius 3 is 0.927 bits per heavy atom. The van der Waals surface area contributed by atoms with Crippen molar-refractivity contribution in [1.82, 2.24) is 0 Å². The van der Waals surface area contributed by atoms with Crippen molar-refractivity contribution in [3.8, 4) is 0 Å². The van der Waals surface area contributed by atoms with Crippen LogP contribution in [0.4, 0.5) is 0 Å². The Morgan fingerprint density at radius 1 is 0.354 bits per heavy atom. The van der Waals surface area contributed by atoms with E-state index in [-0.39, 0.29) is 25.7 Å². The van der Waals surface area contributed by atoms with Crippen molar-refractivity contribution in [1.29, 1.82) is 0 Å². The van der Waals surface area contributed by atoms with Crippen LogP contribution in [0.15, 0.2) is 0 Å². The van der Waals surface area contributed by atoms with Crippen LogP contribution in [0.5, 0.6) is 0 Å². The van der Waals surface area contributed by atoms with Gasteiger partial charge in [-0.2, -0.15) is 0 Å². The maximum atomic E-state index is 13.0. The van der Waals surface area contributed by atoms with E-state index in [4.69, 9.17) is 37.0 Å². The maximum absolute atomic E-state index is 13.0. The summed E-state index contributed by atoms with van der Waals surface area (Å²) in [7, 11) is -9.88. The molecule has 486 valence electrons. The first-order valence-corrected chi connectivity index (χ1v) is 36.0. The third kappa shape index (κ3) is 55.9. The van der Waals surface area contributed by atoms with Gasteiger partial charge in [0.15, 0.2) is 12.2 Å². The van der Waals surface area contributed by atoms with Gasteiger partial charge in [0.25, 0.3) is 0 Å². The number of phosphoric acid groups is 2. The predicted molar refractivity (Wildman–Crippen MR) is 326 cm³/mol. The minimum Gasteiger partial charge on any atom is -0.462 e. The summed E-state index contributed by atoms with van der Waals surface area (Å²) in [4.78, 5) is 72.1. The standard InChI is InChI=1S/C63H122O17P2/c1-7-10-12-14-16-17-18-19-20-28-34-40-46-61(66)74-52-59(80-63(68)48-42-36-30-24-22-27-32-38-44-56(6)9-3)54-78-82(71,72)76-50-57(64)49-75-81(69,70)77-53-58(51-73-60(65)45-39-33-25-15-13-11-8-2)79-62(67)47-41-35-29-23-21-26-31-37-43-55(4)5/h55-59,64H,7-54H2,1-6H3,(H,69,70)(H,71,72)/t56?,57-,58+,59+/m0/s1. The molecule has 0 aliphatic carbocycles. The Bertz CT molecular complexity index is 1620. The highest BCUT2D eigenvalue weighted by Gasteiger charge is 2.30. The van der Waals surface area contributed by atoms with Gasteiger partial charge in [0.2, 0.25) is 0 Å². The zero-order chi connectivity index (χ0) is 60.8. The minimum atomic E-state index is -4.94. The average Bonchev–Trinajstić information content (AvgIpc) is 3.44. The molecule has 19 heteroatoms. The van der Waals surface area contributed by atoms with Gasteiger partial charge >= 0.3 is 39.5 Å². The molecule has 6 atom stereocenters. The van der Waals surface area contributed by atoms with Crippen molar-refractivity contribution in [2.24, 2.45) is 11.8 Å². The summed E-state index contributed by atoms with van der Waals surface area (Å²) >= 11 is 0. The highest BCUT2D eigenvalue weighted by atomic mass is 31.2.